The summed E-state index contributed by atoms with van der Waals surface area (Å²) < 4.78 is 4.88. The highest BCUT2D eigenvalue weighted by Gasteiger charge is 2.32. The molecule has 284 valence electrons. The average molecular weight is 744 g/mol. The quantitative estimate of drug-likeness (QED) is 0.0921. The van der Waals surface area contributed by atoms with Crippen LogP contribution in [0.5, 0.6) is 0 Å². The zero-order valence-corrected chi connectivity index (χ0v) is 34.5. The summed E-state index contributed by atoms with van der Waals surface area (Å²) in [4.78, 5) is 0. The van der Waals surface area contributed by atoms with Crippen molar-refractivity contribution in [2.45, 2.75) is 78.1 Å². The van der Waals surface area contributed by atoms with Crippen molar-refractivity contribution in [1.29, 1.82) is 0 Å². The molecule has 2 heterocycles. The highest BCUT2D eigenvalue weighted by Crippen LogP contribution is 2.43. The van der Waals surface area contributed by atoms with E-state index in [-0.39, 0.29) is 11.8 Å². The third kappa shape index (κ3) is 7.50. The van der Waals surface area contributed by atoms with E-state index < -0.39 is 0 Å². The molecule has 0 amide bonds. The van der Waals surface area contributed by atoms with Crippen LogP contribution in [0.4, 0.5) is 0 Å². The third-order valence-corrected chi connectivity index (χ3v) is 11.7. The van der Waals surface area contributed by atoms with Crippen LogP contribution in [0.25, 0.3) is 22.5 Å². The van der Waals surface area contributed by atoms with Crippen LogP contribution in [-0.2, 0) is 0 Å². The Bertz CT molecular complexity index is 2390. The number of benzene rings is 6. The van der Waals surface area contributed by atoms with Crippen LogP contribution in [0.3, 0.4) is 0 Å². The standard InChI is InChI=1S/C55H55N2/c1-37(2)45-33-47(38(3)4)54(48(34-45)39(5)6)51-30-20-29-46-35-56(36-57(46)51)55-49(52(41-21-12-8-13-22-41)42-23-14-9-15-24-42)31-40(7)32-50(55)53(43-25-16-10-17-26-43)44-27-18-11-19-28-44/h8-39,52-53H,1-7H3/q+1. The zero-order chi connectivity index (χ0) is 39.6. The Hall–Kier alpha value is -5.99. The van der Waals surface area contributed by atoms with E-state index in [2.05, 4.69) is 234 Å². The summed E-state index contributed by atoms with van der Waals surface area (Å²) in [5.74, 6) is 1.22. The summed E-state index contributed by atoms with van der Waals surface area (Å²) in [7, 11) is 0. The van der Waals surface area contributed by atoms with Gasteiger partial charge in [-0.15, -0.1) is 0 Å². The molecule has 0 aliphatic carbocycles. The van der Waals surface area contributed by atoms with Gasteiger partial charge >= 0.3 is 0 Å². The first-order valence-electron chi connectivity index (χ1n) is 20.7. The maximum Gasteiger partial charge on any atom is 0.254 e. The normalized spacial score (nSPS) is 11.9. The van der Waals surface area contributed by atoms with Gasteiger partial charge in [-0.3, -0.25) is 0 Å². The zero-order valence-electron chi connectivity index (χ0n) is 34.5. The molecule has 0 bridgehead atoms. The predicted molar refractivity (Wildman–Crippen MR) is 239 cm³/mol. The number of pyridine rings is 1. The molecule has 2 aromatic heterocycles. The molecule has 0 aliphatic rings. The third-order valence-electron chi connectivity index (χ3n) is 11.7. The first-order chi connectivity index (χ1) is 27.7. The Morgan fingerprint density at radius 1 is 0.421 bits per heavy atom. The van der Waals surface area contributed by atoms with Crippen LogP contribution < -0.4 is 4.57 Å². The molecule has 0 radical (unpaired) electrons. The van der Waals surface area contributed by atoms with Crippen molar-refractivity contribution in [3.63, 3.8) is 0 Å². The molecule has 0 unspecified atom stereocenters. The van der Waals surface area contributed by atoms with Crippen LogP contribution in [0.2, 0.25) is 0 Å². The minimum absolute atomic E-state index is 0.00638. The van der Waals surface area contributed by atoms with Crippen LogP contribution in [-0.4, -0.2) is 4.40 Å². The lowest BCUT2D eigenvalue weighted by Crippen LogP contribution is -2.33. The number of hydrogen-bond donors (Lipinski definition) is 0. The van der Waals surface area contributed by atoms with Gasteiger partial charge in [0, 0.05) is 28.5 Å². The monoisotopic (exact) mass is 743 g/mol. The fourth-order valence-corrected chi connectivity index (χ4v) is 8.91. The Labute approximate surface area is 340 Å². The van der Waals surface area contributed by atoms with Gasteiger partial charge in [-0.25, -0.2) is 4.57 Å². The molecule has 6 aromatic carbocycles. The number of fused-ring (bicyclic) bond motifs is 1. The number of aryl methyl sites for hydroxylation is 1. The summed E-state index contributed by atoms with van der Waals surface area (Å²) >= 11 is 0. The second-order valence-corrected chi connectivity index (χ2v) is 16.7. The molecule has 0 fully saturated rings. The smallest absolute Gasteiger partial charge is 0.201 e. The number of imidazole rings is 1. The Balaban J connectivity index is 1.48. The first-order valence-corrected chi connectivity index (χ1v) is 20.7. The fourth-order valence-electron chi connectivity index (χ4n) is 8.91. The minimum Gasteiger partial charge on any atom is -0.201 e. The van der Waals surface area contributed by atoms with Crippen molar-refractivity contribution >= 4 is 5.52 Å². The lowest BCUT2D eigenvalue weighted by molar-refractivity contribution is -0.595. The molecule has 2 heteroatoms. The Morgan fingerprint density at radius 3 is 1.23 bits per heavy atom. The van der Waals surface area contributed by atoms with E-state index in [0.29, 0.717) is 17.8 Å². The Morgan fingerprint density at radius 2 is 0.842 bits per heavy atom. The van der Waals surface area contributed by atoms with Gasteiger partial charge in [0.15, 0.2) is 5.52 Å². The lowest BCUT2D eigenvalue weighted by atomic mass is 9.78. The van der Waals surface area contributed by atoms with Crippen molar-refractivity contribution in [3.8, 4) is 16.9 Å². The summed E-state index contributed by atoms with van der Waals surface area (Å²) in [6, 6.07) is 60.8. The SMILES string of the molecule is Cc1cc(C(c2ccccc2)c2ccccc2)c(-[n+]2cc3cccc(-c4c(C(C)C)cc(C(C)C)cc4C(C)C)n3c2)c(C(c2ccccc2)c2ccccc2)c1. The first kappa shape index (κ1) is 37.9. The second-order valence-electron chi connectivity index (χ2n) is 16.7. The largest absolute Gasteiger partial charge is 0.254 e. The topological polar surface area (TPSA) is 8.29 Å². The van der Waals surface area contributed by atoms with E-state index >= 15 is 0 Å². The molecule has 0 saturated heterocycles. The molecule has 0 atom stereocenters. The van der Waals surface area contributed by atoms with Gasteiger partial charge in [0.2, 0.25) is 0 Å². The summed E-state index contributed by atoms with van der Waals surface area (Å²) in [6.07, 6.45) is 4.71. The molecule has 0 aliphatic heterocycles. The molecular formula is C55H55N2+. The number of hydrogen-bond acceptors (Lipinski definition) is 0. The molecule has 0 spiro atoms. The van der Waals surface area contributed by atoms with Gasteiger partial charge in [0.25, 0.3) is 6.33 Å². The van der Waals surface area contributed by atoms with Gasteiger partial charge in [-0.05, 0) is 75.8 Å². The maximum absolute atomic E-state index is 2.47. The van der Waals surface area contributed by atoms with Crippen LogP contribution in [0, 0.1) is 6.92 Å². The maximum atomic E-state index is 2.47. The molecule has 0 saturated carbocycles. The van der Waals surface area contributed by atoms with Crippen LogP contribution >= 0.6 is 0 Å². The van der Waals surface area contributed by atoms with Crippen molar-refractivity contribution in [2.24, 2.45) is 0 Å². The predicted octanol–water partition coefficient (Wildman–Crippen LogP) is 13.9. The van der Waals surface area contributed by atoms with Crippen molar-refractivity contribution in [3.05, 3.63) is 232 Å². The summed E-state index contributed by atoms with van der Waals surface area (Å²) in [6.45, 7) is 16.3. The van der Waals surface area contributed by atoms with Gasteiger partial charge in [-0.2, -0.15) is 4.40 Å². The Kier molecular flexibility index (Phi) is 10.8. The molecule has 57 heavy (non-hydrogen) atoms. The van der Waals surface area contributed by atoms with Gasteiger partial charge < -0.3 is 0 Å². The minimum atomic E-state index is 0.00638. The van der Waals surface area contributed by atoms with Crippen molar-refractivity contribution < 1.29 is 4.57 Å². The van der Waals surface area contributed by atoms with E-state index in [9.17, 15) is 0 Å². The van der Waals surface area contributed by atoms with E-state index in [1.165, 1.54) is 72.6 Å². The number of nitrogens with zero attached hydrogens (tertiary/aromatic N) is 2. The fraction of sp³-hybridized carbons (Fsp3) is 0.218. The molecule has 8 aromatic rings. The lowest BCUT2D eigenvalue weighted by Gasteiger charge is -2.26. The van der Waals surface area contributed by atoms with Gasteiger partial charge in [0.05, 0.1) is 0 Å². The molecule has 0 N–H and O–H groups in total. The molecular weight excluding hydrogens is 689 g/mol. The number of aromatic nitrogens is 2. The van der Waals surface area contributed by atoms with E-state index in [4.69, 9.17) is 0 Å². The highest BCUT2D eigenvalue weighted by molar-refractivity contribution is 5.73. The van der Waals surface area contributed by atoms with Crippen molar-refractivity contribution in [2.75, 3.05) is 0 Å². The van der Waals surface area contributed by atoms with Crippen molar-refractivity contribution in [1.82, 2.24) is 4.40 Å². The van der Waals surface area contributed by atoms with Gasteiger partial charge in [-0.1, -0.05) is 199 Å². The highest BCUT2D eigenvalue weighted by atomic mass is 15.1. The summed E-state index contributed by atoms with van der Waals surface area (Å²) in [5.41, 5.74) is 18.1. The molecule has 8 rings (SSSR count). The average Bonchev–Trinajstić information content (AvgIpc) is 3.66. The van der Waals surface area contributed by atoms with E-state index in [0.717, 1.165) is 5.52 Å². The second kappa shape index (κ2) is 16.2. The van der Waals surface area contributed by atoms with Crippen LogP contribution in [0.15, 0.2) is 176 Å². The van der Waals surface area contributed by atoms with Gasteiger partial charge in [0.1, 0.15) is 17.6 Å². The molecule has 2 nitrogen and oxygen atoms in total. The van der Waals surface area contributed by atoms with E-state index in [1.807, 2.05) is 0 Å². The van der Waals surface area contributed by atoms with E-state index in [1.54, 1.807) is 0 Å². The summed E-state index contributed by atoms with van der Waals surface area (Å²) in [5, 5.41) is 0. The van der Waals surface area contributed by atoms with Crippen LogP contribution in [0.1, 0.15) is 127 Å². The number of rotatable bonds is 11.